The van der Waals surface area contributed by atoms with Gasteiger partial charge in [0, 0.05) is 17.1 Å². The van der Waals surface area contributed by atoms with E-state index in [1.165, 1.54) is 5.56 Å². The second-order valence-electron chi connectivity index (χ2n) is 7.09. The van der Waals surface area contributed by atoms with E-state index in [4.69, 9.17) is 9.47 Å². The molecule has 0 aliphatic carbocycles. The Morgan fingerprint density at radius 3 is 2.40 bits per heavy atom. The van der Waals surface area contributed by atoms with Crippen molar-refractivity contribution in [2.75, 3.05) is 12.4 Å². The Labute approximate surface area is 176 Å². The number of nitrogens with one attached hydrogen (secondary N) is 1. The van der Waals surface area contributed by atoms with Gasteiger partial charge in [0.15, 0.2) is 11.5 Å². The number of hydrogen-bond donors (Lipinski definition) is 1. The Hall–Kier alpha value is -3.60. The fraction of sp³-hybridized carbons (Fsp3) is 0.200. The van der Waals surface area contributed by atoms with Gasteiger partial charge in [-0.2, -0.15) is 0 Å². The van der Waals surface area contributed by atoms with Crippen molar-refractivity contribution in [2.45, 2.75) is 26.4 Å². The summed E-state index contributed by atoms with van der Waals surface area (Å²) < 4.78 is 11.6. The second kappa shape index (κ2) is 9.27. The quantitative estimate of drug-likeness (QED) is 0.399. The molecule has 0 saturated heterocycles. The van der Waals surface area contributed by atoms with Crippen molar-refractivity contribution in [3.05, 3.63) is 84.2 Å². The van der Waals surface area contributed by atoms with Crippen molar-refractivity contribution in [3.63, 3.8) is 0 Å². The third-order valence-electron chi connectivity index (χ3n) is 4.91. The fourth-order valence-corrected chi connectivity index (χ4v) is 3.35. The van der Waals surface area contributed by atoms with E-state index in [0.717, 1.165) is 40.8 Å². The van der Waals surface area contributed by atoms with E-state index >= 15 is 0 Å². The van der Waals surface area contributed by atoms with Crippen LogP contribution >= 0.6 is 0 Å². The van der Waals surface area contributed by atoms with Gasteiger partial charge in [0.2, 0.25) is 0 Å². The van der Waals surface area contributed by atoms with E-state index in [2.05, 4.69) is 46.5 Å². The van der Waals surface area contributed by atoms with Crippen molar-refractivity contribution in [2.24, 2.45) is 0 Å². The van der Waals surface area contributed by atoms with E-state index in [0.29, 0.717) is 18.1 Å². The molecule has 0 bridgehead atoms. The highest BCUT2D eigenvalue weighted by Crippen LogP contribution is 2.35. The Balaban J connectivity index is 1.60. The molecule has 152 valence electrons. The molecule has 5 nitrogen and oxygen atoms in total. The van der Waals surface area contributed by atoms with Crippen molar-refractivity contribution in [3.8, 4) is 11.5 Å². The van der Waals surface area contributed by atoms with Gasteiger partial charge in [-0.25, -0.2) is 9.97 Å². The molecule has 30 heavy (non-hydrogen) atoms. The molecule has 0 spiro atoms. The number of anilines is 2. The van der Waals surface area contributed by atoms with Gasteiger partial charge >= 0.3 is 0 Å². The van der Waals surface area contributed by atoms with Crippen molar-refractivity contribution in [1.82, 2.24) is 9.97 Å². The smallest absolute Gasteiger partial charge is 0.163 e. The van der Waals surface area contributed by atoms with Crippen LogP contribution in [0.1, 0.15) is 24.5 Å². The lowest BCUT2D eigenvalue weighted by molar-refractivity contribution is 0.285. The molecule has 4 aromatic rings. The summed E-state index contributed by atoms with van der Waals surface area (Å²) in [6.45, 7) is 2.65. The molecule has 0 radical (unpaired) electrons. The number of aromatic nitrogens is 2. The van der Waals surface area contributed by atoms with Gasteiger partial charge in [0.25, 0.3) is 0 Å². The molecule has 0 unspecified atom stereocenters. The fourth-order valence-electron chi connectivity index (χ4n) is 3.35. The molecule has 0 saturated carbocycles. The zero-order valence-electron chi connectivity index (χ0n) is 17.3. The number of benzene rings is 3. The molecule has 0 aliphatic rings. The van der Waals surface area contributed by atoms with E-state index in [1.807, 2.05) is 42.5 Å². The molecular weight excluding hydrogens is 374 g/mol. The molecule has 0 fully saturated rings. The van der Waals surface area contributed by atoms with Gasteiger partial charge in [0.05, 0.1) is 12.6 Å². The SMILES string of the molecule is CCCc1ccc(Nc2ncnc3cc(OCc4ccccc4)c(OC)cc23)cc1. The first-order valence-electron chi connectivity index (χ1n) is 10.1. The highest BCUT2D eigenvalue weighted by atomic mass is 16.5. The average molecular weight is 399 g/mol. The minimum Gasteiger partial charge on any atom is -0.493 e. The number of rotatable bonds is 8. The number of nitrogens with zero attached hydrogens (tertiary/aromatic N) is 2. The van der Waals surface area contributed by atoms with E-state index < -0.39 is 0 Å². The Morgan fingerprint density at radius 1 is 0.867 bits per heavy atom. The first-order chi connectivity index (χ1) is 14.8. The molecule has 3 aromatic carbocycles. The van der Waals surface area contributed by atoms with Crippen LogP contribution in [0, 0.1) is 0 Å². The van der Waals surface area contributed by atoms with Gasteiger partial charge in [-0.15, -0.1) is 0 Å². The summed E-state index contributed by atoms with van der Waals surface area (Å²) >= 11 is 0. The maximum Gasteiger partial charge on any atom is 0.163 e. The summed E-state index contributed by atoms with van der Waals surface area (Å²) in [5.41, 5.74) is 4.20. The average Bonchev–Trinajstić information content (AvgIpc) is 2.79. The lowest BCUT2D eigenvalue weighted by Crippen LogP contribution is -2.00. The minimum atomic E-state index is 0.461. The number of methoxy groups -OCH3 is 1. The van der Waals surface area contributed by atoms with Gasteiger partial charge in [0.1, 0.15) is 18.8 Å². The van der Waals surface area contributed by atoms with Crippen LogP contribution in [0.25, 0.3) is 10.9 Å². The van der Waals surface area contributed by atoms with Gasteiger partial charge < -0.3 is 14.8 Å². The van der Waals surface area contributed by atoms with Crippen LogP contribution in [0.2, 0.25) is 0 Å². The van der Waals surface area contributed by atoms with Gasteiger partial charge in [-0.1, -0.05) is 55.8 Å². The molecule has 5 heteroatoms. The summed E-state index contributed by atoms with van der Waals surface area (Å²) in [7, 11) is 1.64. The molecule has 1 heterocycles. The maximum absolute atomic E-state index is 6.01. The zero-order chi connectivity index (χ0) is 20.8. The van der Waals surface area contributed by atoms with Crippen LogP contribution < -0.4 is 14.8 Å². The summed E-state index contributed by atoms with van der Waals surface area (Å²) in [4.78, 5) is 8.87. The monoisotopic (exact) mass is 399 g/mol. The Morgan fingerprint density at radius 2 is 1.67 bits per heavy atom. The number of hydrogen-bond acceptors (Lipinski definition) is 5. The molecule has 4 rings (SSSR count). The summed E-state index contributed by atoms with van der Waals surface area (Å²) in [6.07, 6.45) is 3.78. The van der Waals surface area contributed by atoms with Gasteiger partial charge in [-0.05, 0) is 35.7 Å². The highest BCUT2D eigenvalue weighted by molar-refractivity contribution is 5.93. The second-order valence-corrected chi connectivity index (χ2v) is 7.09. The van der Waals surface area contributed by atoms with Crippen molar-refractivity contribution >= 4 is 22.4 Å². The van der Waals surface area contributed by atoms with Crippen LogP contribution in [0.3, 0.4) is 0 Å². The first kappa shape index (κ1) is 19.7. The van der Waals surface area contributed by atoms with Crippen LogP contribution in [0.4, 0.5) is 11.5 Å². The third-order valence-corrected chi connectivity index (χ3v) is 4.91. The first-order valence-corrected chi connectivity index (χ1v) is 10.1. The Bertz CT molecular complexity index is 1110. The summed E-state index contributed by atoms with van der Waals surface area (Å²) in [5, 5.41) is 4.27. The standard InChI is InChI=1S/C25H25N3O2/c1-3-7-18-10-12-20(13-11-18)28-25-21-14-23(29-2)24(15-22(21)26-17-27-25)30-16-19-8-5-4-6-9-19/h4-6,8-15,17H,3,7,16H2,1-2H3,(H,26,27,28). The molecule has 0 atom stereocenters. The highest BCUT2D eigenvalue weighted by Gasteiger charge is 2.12. The van der Waals surface area contributed by atoms with Crippen LogP contribution in [-0.2, 0) is 13.0 Å². The topological polar surface area (TPSA) is 56.3 Å². The summed E-state index contributed by atoms with van der Waals surface area (Å²) in [5.74, 6) is 2.04. The molecular formula is C25H25N3O2. The van der Waals surface area contributed by atoms with E-state index in [9.17, 15) is 0 Å². The molecule has 1 aromatic heterocycles. The molecule has 1 N–H and O–H groups in total. The predicted molar refractivity (Wildman–Crippen MR) is 121 cm³/mol. The number of ether oxygens (including phenoxy) is 2. The van der Waals surface area contributed by atoms with Crippen LogP contribution in [-0.4, -0.2) is 17.1 Å². The zero-order valence-corrected chi connectivity index (χ0v) is 17.3. The van der Waals surface area contributed by atoms with Crippen LogP contribution in [0.15, 0.2) is 73.1 Å². The van der Waals surface area contributed by atoms with Gasteiger partial charge in [-0.3, -0.25) is 0 Å². The number of aryl methyl sites for hydroxylation is 1. The molecule has 0 amide bonds. The van der Waals surface area contributed by atoms with E-state index in [-0.39, 0.29) is 0 Å². The largest absolute Gasteiger partial charge is 0.493 e. The lowest BCUT2D eigenvalue weighted by Gasteiger charge is -2.14. The van der Waals surface area contributed by atoms with Crippen molar-refractivity contribution in [1.29, 1.82) is 0 Å². The lowest BCUT2D eigenvalue weighted by atomic mass is 10.1. The predicted octanol–water partition coefficient (Wildman–Crippen LogP) is 5.91. The third kappa shape index (κ3) is 4.51. The molecule has 0 aliphatic heterocycles. The minimum absolute atomic E-state index is 0.461. The normalized spacial score (nSPS) is 10.7. The summed E-state index contributed by atoms with van der Waals surface area (Å²) in [6, 6.07) is 22.3. The number of fused-ring (bicyclic) bond motifs is 1. The van der Waals surface area contributed by atoms with E-state index in [1.54, 1.807) is 13.4 Å². The Kier molecular flexibility index (Phi) is 6.09. The van der Waals surface area contributed by atoms with Crippen molar-refractivity contribution < 1.29 is 9.47 Å². The maximum atomic E-state index is 6.01. The van der Waals surface area contributed by atoms with Crippen LogP contribution in [0.5, 0.6) is 11.5 Å².